The van der Waals surface area contributed by atoms with Crippen LogP contribution < -0.4 is 21.3 Å². The number of thiol groups is 1. The summed E-state index contributed by atoms with van der Waals surface area (Å²) in [5.74, 6) is 2.24. The molecule has 2 rings (SSSR count). The molecule has 12 heteroatoms. The zero-order valence-corrected chi connectivity index (χ0v) is 31.5. The summed E-state index contributed by atoms with van der Waals surface area (Å²) in [6, 6.07) is 0.443. The lowest BCUT2D eigenvalue weighted by Crippen LogP contribution is -2.36. The van der Waals surface area contributed by atoms with Crippen molar-refractivity contribution in [3.63, 3.8) is 0 Å². The number of rotatable bonds is 34. The number of ether oxygens (including phenoxy) is 3. The minimum atomic E-state index is -0.0502. The highest BCUT2D eigenvalue weighted by atomic mass is 32.2. The van der Waals surface area contributed by atoms with Crippen LogP contribution in [0.3, 0.4) is 0 Å². The molecule has 3 atom stereocenters. The molecule has 0 aliphatic carbocycles. The summed E-state index contributed by atoms with van der Waals surface area (Å²) >= 11 is 6.18. The van der Waals surface area contributed by atoms with Gasteiger partial charge in [0, 0.05) is 50.1 Å². The van der Waals surface area contributed by atoms with E-state index in [2.05, 4.69) is 33.9 Å². The summed E-state index contributed by atoms with van der Waals surface area (Å²) in [6.07, 6.45) is 22.5. The topological polar surface area (TPSA) is 127 Å². The molecule has 0 spiro atoms. The third-order valence-electron chi connectivity index (χ3n) is 8.96. The maximum absolute atomic E-state index is 12.1. The molecule has 2 heterocycles. The van der Waals surface area contributed by atoms with Crippen molar-refractivity contribution in [1.29, 1.82) is 0 Å². The van der Waals surface area contributed by atoms with E-state index in [0.717, 1.165) is 56.5 Å². The number of urea groups is 1. The summed E-state index contributed by atoms with van der Waals surface area (Å²) in [6.45, 7) is 4.57. The molecular weight excluding hydrogens is 649 g/mol. The molecule has 0 aromatic heterocycles. The molecular formula is C36H68N4O6S2. The summed E-state index contributed by atoms with van der Waals surface area (Å²) in [5.41, 5.74) is 0. The monoisotopic (exact) mass is 716 g/mol. The fourth-order valence-electron chi connectivity index (χ4n) is 6.14. The van der Waals surface area contributed by atoms with Crippen molar-refractivity contribution in [3.05, 3.63) is 0 Å². The molecule has 4 N–H and O–H groups in total. The van der Waals surface area contributed by atoms with Gasteiger partial charge in [-0.05, 0) is 44.3 Å². The van der Waals surface area contributed by atoms with Gasteiger partial charge >= 0.3 is 6.03 Å². The van der Waals surface area contributed by atoms with Gasteiger partial charge in [0.25, 0.3) is 0 Å². The average Bonchev–Trinajstić information content (AvgIpc) is 3.64. The number of hydrogen-bond donors (Lipinski definition) is 5. The van der Waals surface area contributed by atoms with E-state index < -0.39 is 0 Å². The maximum Gasteiger partial charge on any atom is 0.315 e. The van der Waals surface area contributed by atoms with Gasteiger partial charge < -0.3 is 35.5 Å². The number of thioether (sulfide) groups is 1. The van der Waals surface area contributed by atoms with Crippen molar-refractivity contribution >= 4 is 42.2 Å². The minimum Gasteiger partial charge on any atom is -0.379 e. The van der Waals surface area contributed by atoms with Crippen molar-refractivity contribution in [2.24, 2.45) is 0 Å². The molecule has 0 aromatic rings. The van der Waals surface area contributed by atoms with Gasteiger partial charge in [0.05, 0.1) is 38.5 Å². The number of amides is 4. The Hall–Kier alpha value is -1.21. The lowest BCUT2D eigenvalue weighted by molar-refractivity contribution is -0.122. The molecule has 2 saturated heterocycles. The highest BCUT2D eigenvalue weighted by Crippen LogP contribution is 2.33. The smallest absolute Gasteiger partial charge is 0.315 e. The summed E-state index contributed by atoms with van der Waals surface area (Å²) < 4.78 is 16.7. The minimum absolute atomic E-state index is 0.0502. The molecule has 0 radical (unpaired) electrons. The predicted octanol–water partition coefficient (Wildman–Crippen LogP) is 6.17. The first kappa shape index (κ1) is 43.0. The van der Waals surface area contributed by atoms with Crippen LogP contribution in [0.25, 0.3) is 0 Å². The van der Waals surface area contributed by atoms with Crippen LogP contribution in [0, 0.1) is 0 Å². The van der Waals surface area contributed by atoms with Crippen molar-refractivity contribution in [2.45, 2.75) is 146 Å². The molecule has 0 bridgehead atoms. The van der Waals surface area contributed by atoms with E-state index in [-0.39, 0.29) is 29.9 Å². The number of carbonyl (C=O) groups is 3. The van der Waals surface area contributed by atoms with Crippen LogP contribution in [-0.4, -0.2) is 99.4 Å². The molecule has 4 amide bonds. The van der Waals surface area contributed by atoms with Crippen molar-refractivity contribution in [1.82, 2.24) is 21.3 Å². The second kappa shape index (κ2) is 30.6. The third-order valence-corrected chi connectivity index (χ3v) is 10.8. The molecule has 48 heavy (non-hydrogen) atoms. The fraction of sp³-hybridized carbons (Fsp3) is 0.917. The predicted molar refractivity (Wildman–Crippen MR) is 200 cm³/mol. The van der Waals surface area contributed by atoms with Gasteiger partial charge in [-0.25, -0.2) is 4.79 Å². The zero-order valence-electron chi connectivity index (χ0n) is 29.8. The average molecular weight is 717 g/mol. The second-order valence-electron chi connectivity index (χ2n) is 13.2. The first-order valence-corrected chi connectivity index (χ1v) is 20.8. The van der Waals surface area contributed by atoms with E-state index >= 15 is 0 Å². The van der Waals surface area contributed by atoms with Crippen molar-refractivity contribution < 1.29 is 28.6 Å². The number of carbonyl (C=O) groups excluding carboxylic acids is 3. The third kappa shape index (κ3) is 23.2. The van der Waals surface area contributed by atoms with Gasteiger partial charge in [0.15, 0.2) is 0 Å². The normalized spacial score (nSPS) is 18.4. The lowest BCUT2D eigenvalue weighted by Gasteiger charge is -2.16. The van der Waals surface area contributed by atoms with Crippen LogP contribution in [0.4, 0.5) is 4.79 Å². The second-order valence-corrected chi connectivity index (χ2v) is 14.9. The molecule has 280 valence electrons. The fourth-order valence-corrected chi connectivity index (χ4v) is 7.91. The summed E-state index contributed by atoms with van der Waals surface area (Å²) in [5, 5.41) is 12.4. The van der Waals surface area contributed by atoms with Gasteiger partial charge in [0.2, 0.25) is 11.8 Å². The van der Waals surface area contributed by atoms with Gasteiger partial charge in [-0.1, -0.05) is 77.0 Å². The van der Waals surface area contributed by atoms with Gasteiger partial charge in [-0.3, -0.25) is 9.59 Å². The van der Waals surface area contributed by atoms with E-state index in [0.29, 0.717) is 70.8 Å². The van der Waals surface area contributed by atoms with Gasteiger partial charge in [0.1, 0.15) is 0 Å². The lowest BCUT2D eigenvalue weighted by atomic mass is 10.0. The van der Waals surface area contributed by atoms with Gasteiger partial charge in [-0.2, -0.15) is 24.4 Å². The van der Waals surface area contributed by atoms with E-state index in [1.54, 1.807) is 0 Å². The van der Waals surface area contributed by atoms with Crippen LogP contribution in [0.2, 0.25) is 0 Å². The molecule has 10 nitrogen and oxygen atoms in total. The Balaban J connectivity index is 1.20. The largest absolute Gasteiger partial charge is 0.379 e. The number of hydrogen-bond acceptors (Lipinski definition) is 8. The van der Waals surface area contributed by atoms with Crippen molar-refractivity contribution in [3.8, 4) is 0 Å². The quantitative estimate of drug-likeness (QED) is 0.0307. The van der Waals surface area contributed by atoms with E-state index in [9.17, 15) is 14.4 Å². The molecule has 0 aromatic carbocycles. The van der Waals surface area contributed by atoms with Gasteiger partial charge in [-0.15, -0.1) is 0 Å². The Bertz CT molecular complexity index is 827. The molecule has 2 fully saturated rings. The summed E-state index contributed by atoms with van der Waals surface area (Å²) in [7, 11) is 0. The summed E-state index contributed by atoms with van der Waals surface area (Å²) in [4.78, 5) is 35.5. The van der Waals surface area contributed by atoms with Crippen LogP contribution in [0.5, 0.6) is 0 Å². The Kier molecular flexibility index (Phi) is 27.4. The zero-order chi connectivity index (χ0) is 34.3. The highest BCUT2D eigenvalue weighted by molar-refractivity contribution is 8.00. The van der Waals surface area contributed by atoms with Crippen LogP contribution in [-0.2, 0) is 23.8 Å². The highest BCUT2D eigenvalue weighted by Gasteiger charge is 2.42. The number of unbranched alkanes of at least 4 members (excludes halogenated alkanes) is 13. The first-order valence-electron chi connectivity index (χ1n) is 19.2. The first-order chi connectivity index (χ1) is 23.6. The van der Waals surface area contributed by atoms with Crippen LogP contribution >= 0.6 is 24.4 Å². The van der Waals surface area contributed by atoms with Crippen molar-refractivity contribution in [2.75, 3.05) is 64.2 Å². The Morgan fingerprint density at radius 2 is 1.08 bits per heavy atom. The van der Waals surface area contributed by atoms with E-state index in [4.69, 9.17) is 14.2 Å². The Morgan fingerprint density at radius 1 is 0.625 bits per heavy atom. The van der Waals surface area contributed by atoms with Crippen LogP contribution in [0.15, 0.2) is 0 Å². The number of nitrogens with one attached hydrogen (secondary N) is 4. The van der Waals surface area contributed by atoms with E-state index in [1.807, 2.05) is 11.8 Å². The molecule has 2 aliphatic rings. The maximum atomic E-state index is 12.1. The van der Waals surface area contributed by atoms with E-state index in [1.165, 1.54) is 70.6 Å². The molecule has 3 unspecified atom stereocenters. The Labute approximate surface area is 301 Å². The van der Waals surface area contributed by atoms with Crippen LogP contribution in [0.1, 0.15) is 128 Å². The SMILES string of the molecule is O=C(CCCCCCCCCCCCCCCS)NCCCOCCOCCOCCCNC(=O)CCCCC1SCC2NC(=O)NC21. The number of fused-ring (bicyclic) bond motifs is 1. The standard InChI is InChI=1S/C36H68N4O6S2/c41-33(19-12-10-8-6-4-2-1-3-5-7-9-11-15-29-47)37-21-16-23-44-25-27-46-28-26-45-24-17-22-38-34(42)20-14-13-18-32-35-31(30-48-32)39-36(43)40-35/h31-32,35,47H,1-30H2,(H,37,41)(H,38,42)(H2,39,40,43). The molecule has 0 saturated carbocycles. The molecule has 2 aliphatic heterocycles. The Morgan fingerprint density at radius 3 is 1.60 bits per heavy atom.